The zero-order chi connectivity index (χ0) is 22.8. The van der Waals surface area contributed by atoms with Crippen molar-refractivity contribution in [2.24, 2.45) is 0 Å². The first-order valence-corrected chi connectivity index (χ1v) is 13.1. The Labute approximate surface area is 190 Å². The van der Waals surface area contributed by atoms with E-state index in [-0.39, 0.29) is 24.7 Å². The maximum atomic E-state index is 13.0. The predicted octanol–water partition coefficient (Wildman–Crippen LogP) is 2.76. The minimum atomic E-state index is -3.56. The van der Waals surface area contributed by atoms with Gasteiger partial charge in [0.1, 0.15) is 10.5 Å². The van der Waals surface area contributed by atoms with E-state index in [9.17, 15) is 18.0 Å². The van der Waals surface area contributed by atoms with Gasteiger partial charge in [-0.3, -0.25) is 14.8 Å². The molecule has 0 spiro atoms. The van der Waals surface area contributed by atoms with Crippen LogP contribution in [0.1, 0.15) is 43.4 Å². The number of carbonyl (C=O) groups is 2. The predicted molar refractivity (Wildman–Crippen MR) is 120 cm³/mol. The molecule has 1 saturated carbocycles. The number of rotatable bonds is 8. The van der Waals surface area contributed by atoms with Crippen LogP contribution < -0.4 is 15.5 Å². The lowest BCUT2D eigenvalue weighted by atomic mass is 9.94. The van der Waals surface area contributed by atoms with E-state index in [1.807, 2.05) is 18.2 Å². The summed E-state index contributed by atoms with van der Waals surface area (Å²) >= 11 is 1.34. The summed E-state index contributed by atoms with van der Waals surface area (Å²) in [5.41, 5.74) is 2.46. The Morgan fingerprint density at radius 2 is 1.84 bits per heavy atom. The van der Waals surface area contributed by atoms with E-state index in [0.29, 0.717) is 35.9 Å². The number of hydroxylamine groups is 1. The van der Waals surface area contributed by atoms with Gasteiger partial charge in [0, 0.05) is 15.8 Å². The molecular formula is C22H26N2O6S2. The van der Waals surface area contributed by atoms with Crippen molar-refractivity contribution >= 4 is 33.0 Å². The average molecular weight is 479 g/mol. The number of thiophene rings is 1. The highest BCUT2D eigenvalue weighted by Gasteiger charge is 2.49. The van der Waals surface area contributed by atoms with Gasteiger partial charge in [-0.25, -0.2) is 13.9 Å². The van der Waals surface area contributed by atoms with Gasteiger partial charge >= 0.3 is 0 Å². The van der Waals surface area contributed by atoms with Crippen LogP contribution in [-0.4, -0.2) is 43.8 Å². The van der Waals surface area contributed by atoms with Crippen LogP contribution in [0.2, 0.25) is 0 Å². The molecule has 1 aliphatic heterocycles. The lowest BCUT2D eigenvalue weighted by molar-refractivity contribution is -0.130. The zero-order valence-corrected chi connectivity index (χ0v) is 19.1. The molecule has 10 heteroatoms. The molecule has 32 heavy (non-hydrogen) atoms. The summed E-state index contributed by atoms with van der Waals surface area (Å²) < 4.78 is 30.3. The average Bonchev–Trinajstić information content (AvgIpc) is 3.45. The molecule has 8 nitrogen and oxygen atoms in total. The van der Waals surface area contributed by atoms with E-state index in [1.165, 1.54) is 11.3 Å². The smallest absolute Gasteiger partial charge is 0.258 e. The summed E-state index contributed by atoms with van der Waals surface area (Å²) in [6.45, 7) is -0.0354. The summed E-state index contributed by atoms with van der Waals surface area (Å²) in [5.74, 6) is -0.246. The molecule has 0 unspecified atom stereocenters. The molecule has 1 atom stereocenters. The van der Waals surface area contributed by atoms with Crippen LogP contribution >= 0.6 is 11.3 Å². The second-order valence-corrected chi connectivity index (χ2v) is 11.8. The number of amides is 2. The van der Waals surface area contributed by atoms with Crippen LogP contribution in [0.15, 0.2) is 36.4 Å². The van der Waals surface area contributed by atoms with Gasteiger partial charge in [-0.1, -0.05) is 6.42 Å². The Kier molecular flexibility index (Phi) is 6.55. The molecule has 1 saturated heterocycles. The maximum absolute atomic E-state index is 13.0. The summed E-state index contributed by atoms with van der Waals surface area (Å²) in [7, 11) is -3.56. The molecule has 1 aliphatic carbocycles. The Morgan fingerprint density at radius 3 is 2.50 bits per heavy atom. The molecule has 0 radical (unpaired) electrons. The molecule has 172 valence electrons. The molecule has 0 bridgehead atoms. The van der Waals surface area contributed by atoms with Crippen molar-refractivity contribution in [3.8, 4) is 16.2 Å². The lowest BCUT2D eigenvalue weighted by Crippen LogP contribution is -2.43. The fourth-order valence-corrected chi connectivity index (χ4v) is 7.80. The molecule has 1 aromatic carbocycles. The molecule has 1 aromatic heterocycles. The van der Waals surface area contributed by atoms with E-state index in [2.05, 4.69) is 5.32 Å². The lowest BCUT2D eigenvalue weighted by Gasteiger charge is -2.35. The Hall–Kier alpha value is -2.43. The maximum Gasteiger partial charge on any atom is 0.258 e. The van der Waals surface area contributed by atoms with Crippen LogP contribution in [-0.2, 0) is 24.2 Å². The van der Waals surface area contributed by atoms with E-state index in [0.717, 1.165) is 23.3 Å². The molecule has 3 N–H and O–H groups in total. The number of nitrogens with one attached hydrogen (secondary N) is 2. The summed E-state index contributed by atoms with van der Waals surface area (Å²) in [4.78, 5) is 25.2. The Morgan fingerprint density at radius 1 is 1.09 bits per heavy atom. The third-order valence-corrected chi connectivity index (χ3v) is 9.97. The van der Waals surface area contributed by atoms with Crippen molar-refractivity contribution in [2.75, 3.05) is 12.4 Å². The third-order valence-electron chi connectivity index (χ3n) is 5.92. The van der Waals surface area contributed by atoms with Gasteiger partial charge in [0.25, 0.3) is 5.91 Å². The first-order valence-electron chi connectivity index (χ1n) is 10.6. The highest BCUT2D eigenvalue weighted by molar-refractivity contribution is 7.92. The normalized spacial score (nSPS) is 22.2. The molecular weight excluding hydrogens is 452 g/mol. The van der Waals surface area contributed by atoms with Gasteiger partial charge in [0.05, 0.1) is 12.2 Å². The SMILES string of the molecule is O=C(C[C@]1(c2ccc(-c3ccc(OCC(=O)NC4CC4)cc3)s2)CCCCS1(=O)=O)NO. The van der Waals surface area contributed by atoms with Crippen molar-refractivity contribution in [3.63, 3.8) is 0 Å². The Balaban J connectivity index is 1.51. The molecule has 4 rings (SSSR count). The standard InChI is InChI=1S/C22H26N2O6S2/c25-20(24-27)13-22(11-1-2-12-32(22,28)29)19-10-9-18(31-19)15-3-7-17(8-4-15)30-14-21(26)23-16-5-6-16/h3-4,7-10,16,27H,1-2,5-6,11-14H2,(H,23,26)(H,24,25)/t22-/m0/s1. The number of hydrogen-bond acceptors (Lipinski definition) is 7. The van der Waals surface area contributed by atoms with Crippen LogP contribution in [0.4, 0.5) is 0 Å². The van der Waals surface area contributed by atoms with Crippen LogP contribution in [0.3, 0.4) is 0 Å². The van der Waals surface area contributed by atoms with Gasteiger partial charge in [0.15, 0.2) is 16.4 Å². The van der Waals surface area contributed by atoms with Gasteiger partial charge in [-0.15, -0.1) is 11.3 Å². The first-order chi connectivity index (χ1) is 15.3. The number of carbonyl (C=O) groups excluding carboxylic acids is 2. The second-order valence-electron chi connectivity index (χ2n) is 8.30. The quantitative estimate of drug-likeness (QED) is 0.396. The van der Waals surface area contributed by atoms with Gasteiger partial charge < -0.3 is 10.1 Å². The molecule has 2 fully saturated rings. The van der Waals surface area contributed by atoms with E-state index in [1.54, 1.807) is 23.7 Å². The summed E-state index contributed by atoms with van der Waals surface area (Å²) in [6, 6.07) is 11.2. The van der Waals surface area contributed by atoms with Crippen molar-refractivity contribution in [3.05, 3.63) is 41.3 Å². The molecule has 2 heterocycles. The van der Waals surface area contributed by atoms with Crippen molar-refractivity contribution < 1.29 is 28.0 Å². The largest absolute Gasteiger partial charge is 0.484 e. The molecule has 2 aromatic rings. The Bertz CT molecular complexity index is 1090. The van der Waals surface area contributed by atoms with E-state index in [4.69, 9.17) is 9.94 Å². The number of ether oxygens (including phenoxy) is 1. The number of sulfone groups is 1. The molecule has 2 aliphatic rings. The van der Waals surface area contributed by atoms with Gasteiger partial charge in [-0.2, -0.15) is 0 Å². The highest BCUT2D eigenvalue weighted by Crippen LogP contribution is 2.47. The fraction of sp³-hybridized carbons (Fsp3) is 0.455. The summed E-state index contributed by atoms with van der Waals surface area (Å²) in [5, 5.41) is 11.9. The van der Waals surface area contributed by atoms with Crippen molar-refractivity contribution in [1.82, 2.24) is 10.8 Å². The van der Waals surface area contributed by atoms with Gasteiger partial charge in [0.2, 0.25) is 5.91 Å². The first kappa shape index (κ1) is 22.8. The summed E-state index contributed by atoms with van der Waals surface area (Å²) in [6.07, 6.45) is 3.36. The zero-order valence-electron chi connectivity index (χ0n) is 17.5. The molecule has 2 amide bonds. The van der Waals surface area contributed by atoms with Crippen LogP contribution in [0.25, 0.3) is 10.4 Å². The van der Waals surface area contributed by atoms with E-state index >= 15 is 0 Å². The second kappa shape index (κ2) is 9.21. The minimum Gasteiger partial charge on any atom is -0.484 e. The van der Waals surface area contributed by atoms with Gasteiger partial charge in [-0.05, 0) is 67.6 Å². The van der Waals surface area contributed by atoms with Crippen molar-refractivity contribution in [2.45, 2.75) is 49.3 Å². The number of benzene rings is 1. The van der Waals surface area contributed by atoms with E-state index < -0.39 is 20.5 Å². The fourth-order valence-electron chi connectivity index (χ4n) is 4.01. The topological polar surface area (TPSA) is 122 Å². The minimum absolute atomic E-state index is 0.0271. The highest BCUT2D eigenvalue weighted by atomic mass is 32.2. The van der Waals surface area contributed by atoms with Crippen LogP contribution in [0, 0.1) is 0 Å². The third kappa shape index (κ3) is 4.82. The van der Waals surface area contributed by atoms with Crippen molar-refractivity contribution in [1.29, 1.82) is 0 Å². The monoisotopic (exact) mass is 478 g/mol. The van der Waals surface area contributed by atoms with Crippen LogP contribution in [0.5, 0.6) is 5.75 Å². The number of hydrogen-bond donors (Lipinski definition) is 3.